The van der Waals surface area contributed by atoms with Crippen LogP contribution < -0.4 is 5.32 Å². The van der Waals surface area contributed by atoms with Gasteiger partial charge in [0.15, 0.2) is 12.6 Å². The van der Waals surface area contributed by atoms with Gasteiger partial charge in [-0.1, -0.05) is 292 Å². The van der Waals surface area contributed by atoms with E-state index in [-0.39, 0.29) is 18.9 Å². The number of hydrogen-bond acceptors (Lipinski definition) is 13. The molecule has 0 spiro atoms. The molecule has 2 aliphatic rings. The molecule has 1 amide bonds. The number of carbonyl (C=O) groups excluding carboxylic acids is 1. The summed E-state index contributed by atoms with van der Waals surface area (Å²) in [7, 11) is 0. The van der Waals surface area contributed by atoms with Crippen LogP contribution in [0.4, 0.5) is 0 Å². The first-order valence-electron chi connectivity index (χ1n) is 34.8. The van der Waals surface area contributed by atoms with E-state index in [1.54, 1.807) is 6.08 Å². The number of aliphatic hydroxyl groups excluding tert-OH is 8. The fourth-order valence-electron chi connectivity index (χ4n) is 11.1. The first kappa shape index (κ1) is 79.3. The van der Waals surface area contributed by atoms with Crippen LogP contribution in [0.5, 0.6) is 0 Å². The largest absolute Gasteiger partial charge is 0.394 e. The maximum Gasteiger partial charge on any atom is 0.220 e. The van der Waals surface area contributed by atoms with Crippen molar-refractivity contribution < 1.29 is 64.6 Å². The Labute approximate surface area is 522 Å². The number of unbranched alkanes of at least 4 members (excludes halogenated alkanes) is 31. The van der Waals surface area contributed by atoms with E-state index in [0.717, 1.165) is 64.2 Å². The third-order valence-corrected chi connectivity index (χ3v) is 16.6. The molecule has 12 atom stereocenters. The molecular formula is C72H127NO13. The maximum atomic E-state index is 13.3. The Hall–Kier alpha value is -2.83. The van der Waals surface area contributed by atoms with E-state index in [2.05, 4.69) is 79.9 Å². The van der Waals surface area contributed by atoms with Crippen LogP contribution in [-0.2, 0) is 23.7 Å². The molecule has 0 radical (unpaired) electrons. The molecule has 0 aromatic rings. The minimum absolute atomic E-state index is 0.152. The Morgan fingerprint density at radius 1 is 0.430 bits per heavy atom. The Morgan fingerprint density at radius 2 is 0.802 bits per heavy atom. The molecule has 0 saturated carbocycles. The van der Waals surface area contributed by atoms with E-state index in [1.165, 1.54) is 180 Å². The van der Waals surface area contributed by atoms with E-state index < -0.39 is 86.8 Å². The van der Waals surface area contributed by atoms with Gasteiger partial charge in [0.05, 0.1) is 32.0 Å². The van der Waals surface area contributed by atoms with Gasteiger partial charge in [0.2, 0.25) is 5.91 Å². The zero-order valence-electron chi connectivity index (χ0n) is 54.0. The average Bonchev–Trinajstić information content (AvgIpc) is 2.46. The predicted octanol–water partition coefficient (Wildman–Crippen LogP) is 14.0. The average molecular weight is 1210 g/mol. The normalized spacial score (nSPS) is 23.9. The first-order valence-corrected chi connectivity index (χ1v) is 34.8. The summed E-state index contributed by atoms with van der Waals surface area (Å²) >= 11 is 0. The van der Waals surface area contributed by atoms with E-state index in [0.29, 0.717) is 6.42 Å². The number of carbonyl (C=O) groups is 1. The van der Waals surface area contributed by atoms with Gasteiger partial charge in [-0.25, -0.2) is 0 Å². The van der Waals surface area contributed by atoms with Gasteiger partial charge in [0.1, 0.15) is 48.8 Å². The topological polar surface area (TPSA) is 228 Å². The molecule has 14 heteroatoms. The minimum atomic E-state index is -1.80. The molecule has 2 rings (SSSR count). The molecule has 86 heavy (non-hydrogen) atoms. The Bertz CT molecular complexity index is 1770. The van der Waals surface area contributed by atoms with Crippen LogP contribution in [0.15, 0.2) is 85.1 Å². The van der Waals surface area contributed by atoms with Crippen molar-refractivity contribution in [3.05, 3.63) is 85.1 Å². The third-order valence-electron chi connectivity index (χ3n) is 16.6. The van der Waals surface area contributed by atoms with E-state index >= 15 is 0 Å². The smallest absolute Gasteiger partial charge is 0.220 e. The van der Waals surface area contributed by atoms with Crippen molar-refractivity contribution in [3.63, 3.8) is 0 Å². The third kappa shape index (κ3) is 40.0. The number of hydrogen-bond donors (Lipinski definition) is 9. The fraction of sp³-hybridized carbons (Fsp3) is 0.792. The van der Waals surface area contributed by atoms with E-state index in [9.17, 15) is 45.6 Å². The highest BCUT2D eigenvalue weighted by Gasteiger charge is 2.51. The second-order valence-corrected chi connectivity index (χ2v) is 24.3. The van der Waals surface area contributed by atoms with Crippen LogP contribution in [0.2, 0.25) is 0 Å². The highest BCUT2D eigenvalue weighted by Crippen LogP contribution is 2.30. The molecule has 2 heterocycles. The number of nitrogens with one attached hydrogen (secondary N) is 1. The summed E-state index contributed by atoms with van der Waals surface area (Å²) in [4.78, 5) is 13.3. The summed E-state index contributed by atoms with van der Waals surface area (Å²) in [5.41, 5.74) is 0. The van der Waals surface area contributed by atoms with Gasteiger partial charge in [-0.2, -0.15) is 0 Å². The van der Waals surface area contributed by atoms with E-state index in [1.807, 2.05) is 18.2 Å². The second-order valence-electron chi connectivity index (χ2n) is 24.3. The lowest BCUT2D eigenvalue weighted by Crippen LogP contribution is -2.65. The molecule has 14 nitrogen and oxygen atoms in total. The number of ether oxygens (including phenoxy) is 4. The molecule has 9 N–H and O–H groups in total. The molecule has 12 unspecified atom stereocenters. The summed E-state index contributed by atoms with van der Waals surface area (Å²) in [6, 6.07) is -0.962. The molecule has 2 saturated heterocycles. The van der Waals surface area contributed by atoms with Gasteiger partial charge in [0, 0.05) is 6.42 Å². The SMILES string of the molecule is CC/C=C\C/C=C\C/C=C\C/C=C\C/C=C\C/C=C\CCC(=O)NC(COC1OC(CO)C(OC2OC(CO)C(O)C(O)C2O)C(O)C1O)C(O)/C=C/CCCCCCCCCCCCCCCCCCCCCCCCCCCCCCCCC. The van der Waals surface area contributed by atoms with Gasteiger partial charge < -0.3 is 65.1 Å². The lowest BCUT2D eigenvalue weighted by Gasteiger charge is -2.46. The standard InChI is InChI=1S/C72H127NO13/c1-3-5-7-9-11-13-15-17-19-21-23-24-25-26-27-28-29-30-31-32-33-34-35-36-38-39-41-43-45-47-49-51-53-55-61(76)60(73-64(77)56-54-52-50-48-46-44-42-40-37-22-20-18-16-14-12-10-8-6-4-2)59-83-71-69(82)67(80)70(63(58-75)85-71)86-72-68(81)66(79)65(78)62(57-74)84-72/h6,8,12,14,18,20,37,40,44,46,50,52-53,55,60-63,65-72,74-76,78-82H,3-5,7,9-11,13,15-17,19,21-36,38-39,41-43,45,47-49,51,54,56-59H2,1-2H3,(H,73,77)/b8-6-,14-12-,20-18-,40-37-,46-44-,52-50-,55-53+. The second kappa shape index (κ2) is 56.2. The van der Waals surface area contributed by atoms with Crippen LogP contribution in [0, 0.1) is 0 Å². The van der Waals surface area contributed by atoms with Crippen molar-refractivity contribution in [2.45, 2.75) is 344 Å². The van der Waals surface area contributed by atoms with Crippen molar-refractivity contribution >= 4 is 5.91 Å². The Kier molecular flexibility index (Phi) is 51.8. The lowest BCUT2D eigenvalue weighted by atomic mass is 9.97. The van der Waals surface area contributed by atoms with Crippen LogP contribution >= 0.6 is 0 Å². The van der Waals surface area contributed by atoms with Crippen LogP contribution in [0.3, 0.4) is 0 Å². The molecule has 2 aliphatic heterocycles. The van der Waals surface area contributed by atoms with Gasteiger partial charge in [-0.15, -0.1) is 0 Å². The summed E-state index contributed by atoms with van der Waals surface area (Å²) in [5, 5.41) is 87.3. The number of allylic oxidation sites excluding steroid dienone is 13. The minimum Gasteiger partial charge on any atom is -0.394 e. The summed E-state index contributed by atoms with van der Waals surface area (Å²) in [5.74, 6) is -0.321. The highest BCUT2D eigenvalue weighted by molar-refractivity contribution is 5.76. The van der Waals surface area contributed by atoms with Crippen molar-refractivity contribution in [1.82, 2.24) is 5.32 Å². The molecule has 0 bridgehead atoms. The maximum absolute atomic E-state index is 13.3. The van der Waals surface area contributed by atoms with Gasteiger partial charge in [-0.3, -0.25) is 4.79 Å². The van der Waals surface area contributed by atoms with Crippen molar-refractivity contribution in [1.29, 1.82) is 0 Å². The first-order chi connectivity index (χ1) is 42.1. The van der Waals surface area contributed by atoms with Crippen LogP contribution in [-0.4, -0.2) is 140 Å². The van der Waals surface area contributed by atoms with Crippen molar-refractivity contribution in [2.24, 2.45) is 0 Å². The molecule has 0 aromatic carbocycles. The quantitative estimate of drug-likeness (QED) is 0.0204. The predicted molar refractivity (Wildman–Crippen MR) is 350 cm³/mol. The zero-order chi connectivity index (χ0) is 62.3. The number of rotatable bonds is 56. The highest BCUT2D eigenvalue weighted by atomic mass is 16.7. The lowest BCUT2D eigenvalue weighted by molar-refractivity contribution is -0.359. The van der Waals surface area contributed by atoms with Gasteiger partial charge in [-0.05, 0) is 57.8 Å². The van der Waals surface area contributed by atoms with Crippen molar-refractivity contribution in [3.8, 4) is 0 Å². The molecule has 498 valence electrons. The van der Waals surface area contributed by atoms with Crippen LogP contribution in [0.1, 0.15) is 271 Å². The fourth-order valence-corrected chi connectivity index (χ4v) is 11.1. The Balaban J connectivity index is 1.68. The zero-order valence-corrected chi connectivity index (χ0v) is 54.0. The number of aliphatic hydroxyl groups is 8. The van der Waals surface area contributed by atoms with Gasteiger partial charge in [0.25, 0.3) is 0 Å². The summed E-state index contributed by atoms with van der Waals surface area (Å²) in [6.45, 7) is 2.65. The molecular weight excluding hydrogens is 1090 g/mol. The molecule has 2 fully saturated rings. The summed E-state index contributed by atoms with van der Waals surface area (Å²) < 4.78 is 22.8. The molecule has 0 aliphatic carbocycles. The van der Waals surface area contributed by atoms with E-state index in [4.69, 9.17) is 18.9 Å². The van der Waals surface area contributed by atoms with Gasteiger partial charge >= 0.3 is 0 Å². The van der Waals surface area contributed by atoms with Crippen LogP contribution in [0.25, 0.3) is 0 Å². The Morgan fingerprint density at radius 3 is 1.21 bits per heavy atom. The monoisotopic (exact) mass is 1210 g/mol. The number of amides is 1. The summed E-state index contributed by atoms with van der Waals surface area (Å²) in [6.07, 6.45) is 61.0. The van der Waals surface area contributed by atoms with Crippen molar-refractivity contribution in [2.75, 3.05) is 19.8 Å². The molecule has 0 aromatic heterocycles.